The molecule has 1 heterocycles. The highest BCUT2D eigenvalue weighted by atomic mass is 16.5. The predicted molar refractivity (Wildman–Crippen MR) is 141 cm³/mol. The van der Waals surface area contributed by atoms with Gasteiger partial charge in [0.2, 0.25) is 0 Å². The minimum atomic E-state index is -0.309. The van der Waals surface area contributed by atoms with Crippen molar-refractivity contribution in [1.29, 1.82) is 5.41 Å². The topological polar surface area (TPSA) is 103 Å². The zero-order valence-electron chi connectivity index (χ0n) is 22.0. The van der Waals surface area contributed by atoms with Crippen molar-refractivity contribution in [2.75, 3.05) is 20.2 Å². The number of amides is 1. The molecule has 1 fully saturated rings. The molecule has 3 N–H and O–H groups in total. The Kier molecular flexibility index (Phi) is 7.12. The number of carbonyl (C=O) groups excluding carboxylic acids is 2. The van der Waals surface area contributed by atoms with Gasteiger partial charge in [0.15, 0.2) is 5.78 Å². The molecule has 0 radical (unpaired) electrons. The fraction of sp³-hybridized carbons (Fsp3) is 0.483. The maximum Gasteiger partial charge on any atom is 0.254 e. The minimum Gasteiger partial charge on any atom is -0.507 e. The van der Waals surface area contributed by atoms with Crippen LogP contribution in [0.5, 0.6) is 11.5 Å². The van der Waals surface area contributed by atoms with Crippen LogP contribution in [0.2, 0.25) is 0 Å². The standard InChI is InChI=1S/C29H37N3O4/c1-6-36-25-13-19-15-32(27(30)21(19)14-22(25)28(35)31-5)16-24(33)18-11-20(17-9-7-8-10-17)26(34)23(12-18)29(2,3)4/h11-14,17,30,34H,6-10,15-16H2,1-5H3,(H,31,35). The average molecular weight is 492 g/mol. The van der Waals surface area contributed by atoms with Gasteiger partial charge in [-0.1, -0.05) is 33.6 Å². The van der Waals surface area contributed by atoms with Gasteiger partial charge in [0, 0.05) is 30.3 Å². The van der Waals surface area contributed by atoms with Gasteiger partial charge in [-0.05, 0) is 66.5 Å². The van der Waals surface area contributed by atoms with Gasteiger partial charge in [0.25, 0.3) is 5.91 Å². The molecular formula is C29H37N3O4. The summed E-state index contributed by atoms with van der Waals surface area (Å²) >= 11 is 0. The molecule has 4 rings (SSSR count). The molecule has 2 aromatic rings. The van der Waals surface area contributed by atoms with Crippen LogP contribution in [0.25, 0.3) is 0 Å². The normalized spacial score (nSPS) is 15.8. The summed E-state index contributed by atoms with van der Waals surface area (Å²) in [7, 11) is 1.56. The molecule has 0 aromatic heterocycles. The molecule has 192 valence electrons. The Morgan fingerprint density at radius 1 is 1.17 bits per heavy atom. The van der Waals surface area contributed by atoms with Crippen LogP contribution >= 0.6 is 0 Å². The summed E-state index contributed by atoms with van der Waals surface area (Å²) in [5, 5.41) is 22.4. The highest BCUT2D eigenvalue weighted by molar-refractivity contribution is 6.07. The van der Waals surface area contributed by atoms with E-state index in [1.54, 1.807) is 24.1 Å². The molecule has 0 saturated heterocycles. The Hall–Kier alpha value is -3.35. The summed E-state index contributed by atoms with van der Waals surface area (Å²) in [6.45, 7) is 8.85. The maximum atomic E-state index is 13.5. The lowest BCUT2D eigenvalue weighted by atomic mass is 9.81. The number of Topliss-reactive ketones (excluding diaryl/α,β-unsaturated/α-hetero) is 1. The average Bonchev–Trinajstić information content (AvgIpc) is 3.46. The van der Waals surface area contributed by atoms with Crippen molar-refractivity contribution in [3.63, 3.8) is 0 Å². The highest BCUT2D eigenvalue weighted by Crippen LogP contribution is 2.43. The van der Waals surface area contributed by atoms with Crippen molar-refractivity contribution in [3.05, 3.63) is 57.6 Å². The number of aromatic hydroxyl groups is 1. The summed E-state index contributed by atoms with van der Waals surface area (Å²) in [4.78, 5) is 27.7. The lowest BCUT2D eigenvalue weighted by molar-refractivity contribution is 0.0953. The number of carbonyl (C=O) groups is 2. The molecule has 0 unspecified atom stereocenters. The number of hydrogen-bond acceptors (Lipinski definition) is 5. The summed E-state index contributed by atoms with van der Waals surface area (Å²) in [6.07, 6.45) is 4.32. The Bertz CT molecular complexity index is 1210. The van der Waals surface area contributed by atoms with Crippen LogP contribution in [0.4, 0.5) is 0 Å². The number of nitrogens with zero attached hydrogens (tertiary/aromatic N) is 1. The number of benzene rings is 2. The number of amidine groups is 1. The van der Waals surface area contributed by atoms with Gasteiger partial charge in [-0.25, -0.2) is 0 Å². The maximum absolute atomic E-state index is 13.5. The molecule has 7 heteroatoms. The molecular weight excluding hydrogens is 454 g/mol. The van der Waals surface area contributed by atoms with Crippen LogP contribution in [0, 0.1) is 5.41 Å². The van der Waals surface area contributed by atoms with Gasteiger partial charge in [0.05, 0.1) is 18.7 Å². The second kappa shape index (κ2) is 9.96. The van der Waals surface area contributed by atoms with Crippen LogP contribution in [0.1, 0.15) is 102 Å². The zero-order valence-corrected chi connectivity index (χ0v) is 22.0. The van der Waals surface area contributed by atoms with Crippen molar-refractivity contribution in [3.8, 4) is 11.5 Å². The number of rotatable bonds is 7. The van der Waals surface area contributed by atoms with E-state index in [0.717, 1.165) is 42.4 Å². The molecule has 36 heavy (non-hydrogen) atoms. The second-order valence-corrected chi connectivity index (χ2v) is 10.8. The Labute approximate surface area is 213 Å². The van der Waals surface area contributed by atoms with Crippen molar-refractivity contribution in [1.82, 2.24) is 10.2 Å². The molecule has 1 saturated carbocycles. The summed E-state index contributed by atoms with van der Waals surface area (Å²) in [5.74, 6) is 0.921. The zero-order chi connectivity index (χ0) is 26.2. The van der Waals surface area contributed by atoms with E-state index in [-0.39, 0.29) is 35.4 Å². The van der Waals surface area contributed by atoms with Gasteiger partial charge < -0.3 is 20.1 Å². The number of fused-ring (bicyclic) bond motifs is 1. The fourth-order valence-electron chi connectivity index (χ4n) is 5.35. The van der Waals surface area contributed by atoms with Gasteiger partial charge in [-0.2, -0.15) is 0 Å². The fourth-order valence-corrected chi connectivity index (χ4v) is 5.35. The molecule has 0 bridgehead atoms. The van der Waals surface area contributed by atoms with Gasteiger partial charge >= 0.3 is 0 Å². The molecule has 1 amide bonds. The molecule has 0 atom stereocenters. The first-order valence-corrected chi connectivity index (χ1v) is 12.8. The van der Waals surface area contributed by atoms with E-state index >= 15 is 0 Å². The third-order valence-corrected chi connectivity index (χ3v) is 7.31. The van der Waals surface area contributed by atoms with Crippen LogP contribution in [0.15, 0.2) is 24.3 Å². The minimum absolute atomic E-state index is 0.0469. The molecule has 7 nitrogen and oxygen atoms in total. The van der Waals surface area contributed by atoms with Crippen LogP contribution in [-0.4, -0.2) is 47.7 Å². The number of ketones is 1. The van der Waals surface area contributed by atoms with Crippen LogP contribution < -0.4 is 10.1 Å². The Balaban J connectivity index is 1.63. The Morgan fingerprint density at radius 3 is 2.47 bits per heavy atom. The highest BCUT2D eigenvalue weighted by Gasteiger charge is 2.31. The summed E-state index contributed by atoms with van der Waals surface area (Å²) in [6, 6.07) is 7.17. The number of nitrogens with one attached hydrogen (secondary N) is 2. The first-order valence-electron chi connectivity index (χ1n) is 12.8. The van der Waals surface area contributed by atoms with Crippen molar-refractivity contribution in [2.45, 2.75) is 71.3 Å². The summed E-state index contributed by atoms with van der Waals surface area (Å²) in [5.41, 5.74) is 3.80. The lowest BCUT2D eigenvalue weighted by Gasteiger charge is -2.25. The quantitative estimate of drug-likeness (QED) is 0.466. The van der Waals surface area contributed by atoms with E-state index in [4.69, 9.17) is 10.1 Å². The van der Waals surface area contributed by atoms with E-state index in [1.165, 1.54) is 0 Å². The molecule has 2 aliphatic rings. The SMILES string of the molecule is CCOc1cc2c(cc1C(=O)NC)C(=N)N(CC(=O)c1cc(C3CCCC3)c(O)c(C(C)(C)C)c1)C2. The van der Waals surface area contributed by atoms with Crippen molar-refractivity contribution in [2.24, 2.45) is 0 Å². The molecule has 1 aliphatic carbocycles. The summed E-state index contributed by atoms with van der Waals surface area (Å²) < 4.78 is 5.68. The van der Waals surface area contributed by atoms with E-state index in [0.29, 0.717) is 41.3 Å². The smallest absolute Gasteiger partial charge is 0.254 e. The van der Waals surface area contributed by atoms with E-state index in [2.05, 4.69) is 5.32 Å². The van der Waals surface area contributed by atoms with Gasteiger partial charge in [-0.3, -0.25) is 15.0 Å². The lowest BCUT2D eigenvalue weighted by Crippen LogP contribution is -2.30. The van der Waals surface area contributed by atoms with Gasteiger partial charge in [-0.15, -0.1) is 0 Å². The second-order valence-electron chi connectivity index (χ2n) is 10.8. The predicted octanol–water partition coefficient (Wildman–Crippen LogP) is 5.13. The Morgan fingerprint density at radius 2 is 1.86 bits per heavy atom. The van der Waals surface area contributed by atoms with E-state index in [9.17, 15) is 14.7 Å². The molecule has 2 aromatic carbocycles. The van der Waals surface area contributed by atoms with E-state index in [1.807, 2.05) is 39.8 Å². The molecule has 0 spiro atoms. The number of ether oxygens (including phenoxy) is 1. The monoisotopic (exact) mass is 491 g/mol. The number of phenols is 1. The third kappa shape index (κ3) is 4.84. The third-order valence-electron chi connectivity index (χ3n) is 7.31. The van der Waals surface area contributed by atoms with Crippen molar-refractivity contribution < 1.29 is 19.4 Å². The first kappa shape index (κ1) is 25.7. The first-order chi connectivity index (χ1) is 17.0. The van der Waals surface area contributed by atoms with Crippen LogP contribution in [0.3, 0.4) is 0 Å². The van der Waals surface area contributed by atoms with Crippen LogP contribution in [-0.2, 0) is 12.0 Å². The number of phenolic OH excluding ortho intramolecular Hbond substituents is 1. The largest absolute Gasteiger partial charge is 0.507 e. The van der Waals surface area contributed by atoms with Gasteiger partial charge in [0.1, 0.15) is 17.3 Å². The number of hydrogen-bond donors (Lipinski definition) is 3. The van der Waals surface area contributed by atoms with Crippen molar-refractivity contribution >= 4 is 17.5 Å². The van der Waals surface area contributed by atoms with E-state index < -0.39 is 0 Å². The molecule has 1 aliphatic heterocycles.